The topological polar surface area (TPSA) is 24.1 Å². The van der Waals surface area contributed by atoms with Crippen LogP contribution in [0.25, 0.3) is 0 Å². The monoisotopic (exact) mass is 226 g/mol. The first kappa shape index (κ1) is 13.5. The first-order valence-corrected chi connectivity index (χ1v) is 4.92. The zero-order chi connectivity index (χ0) is 7.52. The summed E-state index contributed by atoms with van der Waals surface area (Å²) in [4.78, 5) is 0. The highest BCUT2D eigenvalue weighted by molar-refractivity contribution is 5.85. The highest BCUT2D eigenvalue weighted by Gasteiger charge is 2.20. The Kier molecular flexibility index (Phi) is 7.15. The lowest BCUT2D eigenvalue weighted by molar-refractivity contribution is 0.449. The molecule has 1 saturated carbocycles. The van der Waals surface area contributed by atoms with Gasteiger partial charge in [-0.1, -0.05) is 12.8 Å². The quantitative estimate of drug-likeness (QED) is 0.750. The molecular weight excluding hydrogens is 207 g/mol. The van der Waals surface area contributed by atoms with Crippen molar-refractivity contribution in [2.24, 2.45) is 0 Å². The lowest BCUT2D eigenvalue weighted by Crippen LogP contribution is -2.37. The molecular formula is C9H20Cl2N2. The molecule has 0 spiro atoms. The van der Waals surface area contributed by atoms with E-state index in [1.807, 2.05) is 0 Å². The zero-order valence-corrected chi connectivity index (χ0v) is 9.55. The number of halogens is 2. The van der Waals surface area contributed by atoms with E-state index in [-0.39, 0.29) is 24.8 Å². The minimum Gasteiger partial charge on any atom is -0.315 e. The molecule has 2 fully saturated rings. The third kappa shape index (κ3) is 4.03. The van der Waals surface area contributed by atoms with Crippen molar-refractivity contribution < 1.29 is 0 Å². The normalized spacial score (nSPS) is 28.2. The Morgan fingerprint density at radius 2 is 1.62 bits per heavy atom. The van der Waals surface area contributed by atoms with Gasteiger partial charge in [-0.25, -0.2) is 0 Å². The van der Waals surface area contributed by atoms with Crippen LogP contribution in [0.1, 0.15) is 32.1 Å². The molecule has 2 rings (SSSR count). The molecule has 1 aliphatic carbocycles. The fraction of sp³-hybridized carbons (Fsp3) is 1.00. The molecule has 0 amide bonds. The van der Waals surface area contributed by atoms with Gasteiger partial charge in [-0.15, -0.1) is 24.8 Å². The van der Waals surface area contributed by atoms with Crippen LogP contribution in [0, 0.1) is 0 Å². The average molecular weight is 227 g/mol. The molecule has 1 atom stereocenters. The van der Waals surface area contributed by atoms with Crippen LogP contribution in [0.3, 0.4) is 0 Å². The van der Waals surface area contributed by atoms with Crippen LogP contribution in [0.15, 0.2) is 0 Å². The minimum atomic E-state index is 0. The Labute approximate surface area is 93.1 Å². The second-order valence-corrected chi connectivity index (χ2v) is 3.84. The maximum absolute atomic E-state index is 3.72. The molecule has 0 aromatic carbocycles. The van der Waals surface area contributed by atoms with Gasteiger partial charge in [0.15, 0.2) is 0 Å². The van der Waals surface area contributed by atoms with E-state index in [9.17, 15) is 0 Å². The molecule has 1 aliphatic heterocycles. The standard InChI is InChI=1S/C9H18N2.2ClH/c1-2-4-8(3-1)11-9-5-6-10-7-9;;/h8-11H,1-7H2;2*1H. The number of nitrogens with one attached hydrogen (secondary N) is 2. The first-order valence-electron chi connectivity index (χ1n) is 4.92. The average Bonchev–Trinajstić information content (AvgIpc) is 2.60. The van der Waals surface area contributed by atoms with Crippen LogP contribution in [0.2, 0.25) is 0 Å². The minimum absolute atomic E-state index is 0. The summed E-state index contributed by atoms with van der Waals surface area (Å²) in [5.41, 5.74) is 0. The molecule has 0 radical (unpaired) electrons. The number of rotatable bonds is 2. The fourth-order valence-corrected chi connectivity index (χ4v) is 2.22. The molecule has 2 N–H and O–H groups in total. The van der Waals surface area contributed by atoms with E-state index in [4.69, 9.17) is 0 Å². The molecule has 80 valence electrons. The summed E-state index contributed by atoms with van der Waals surface area (Å²) in [5.74, 6) is 0. The van der Waals surface area contributed by atoms with Gasteiger partial charge in [-0.3, -0.25) is 0 Å². The zero-order valence-electron chi connectivity index (χ0n) is 7.92. The van der Waals surface area contributed by atoms with Crippen molar-refractivity contribution in [2.75, 3.05) is 13.1 Å². The second kappa shape index (κ2) is 6.88. The van der Waals surface area contributed by atoms with Crippen LogP contribution in [0.4, 0.5) is 0 Å². The summed E-state index contributed by atoms with van der Waals surface area (Å²) < 4.78 is 0. The smallest absolute Gasteiger partial charge is 0.0207 e. The van der Waals surface area contributed by atoms with Crippen molar-refractivity contribution in [1.29, 1.82) is 0 Å². The summed E-state index contributed by atoms with van der Waals surface area (Å²) in [6.45, 7) is 2.40. The van der Waals surface area contributed by atoms with Crippen molar-refractivity contribution in [1.82, 2.24) is 10.6 Å². The van der Waals surface area contributed by atoms with Crippen LogP contribution < -0.4 is 10.6 Å². The van der Waals surface area contributed by atoms with Gasteiger partial charge in [0.2, 0.25) is 0 Å². The Morgan fingerprint density at radius 3 is 2.15 bits per heavy atom. The van der Waals surface area contributed by atoms with E-state index in [1.54, 1.807) is 0 Å². The Bertz CT molecular complexity index is 107. The third-order valence-electron chi connectivity index (χ3n) is 2.89. The lowest BCUT2D eigenvalue weighted by atomic mass is 10.2. The van der Waals surface area contributed by atoms with Gasteiger partial charge < -0.3 is 10.6 Å². The summed E-state index contributed by atoms with van der Waals surface area (Å²) >= 11 is 0. The van der Waals surface area contributed by atoms with Gasteiger partial charge in [0.25, 0.3) is 0 Å². The van der Waals surface area contributed by atoms with Gasteiger partial charge in [0.05, 0.1) is 0 Å². The molecule has 13 heavy (non-hydrogen) atoms. The number of hydrogen-bond donors (Lipinski definition) is 2. The highest BCUT2D eigenvalue weighted by atomic mass is 35.5. The fourth-order valence-electron chi connectivity index (χ4n) is 2.22. The largest absolute Gasteiger partial charge is 0.315 e. The van der Waals surface area contributed by atoms with Crippen LogP contribution >= 0.6 is 24.8 Å². The summed E-state index contributed by atoms with van der Waals surface area (Å²) in [5, 5.41) is 7.10. The number of hydrogen-bond acceptors (Lipinski definition) is 2. The van der Waals surface area contributed by atoms with Crippen molar-refractivity contribution in [3.63, 3.8) is 0 Å². The lowest BCUT2D eigenvalue weighted by Gasteiger charge is -2.16. The first-order chi connectivity index (χ1) is 5.45. The third-order valence-corrected chi connectivity index (χ3v) is 2.89. The summed E-state index contributed by atoms with van der Waals surface area (Å²) in [7, 11) is 0. The summed E-state index contributed by atoms with van der Waals surface area (Å²) in [6, 6.07) is 1.62. The Morgan fingerprint density at radius 1 is 0.923 bits per heavy atom. The van der Waals surface area contributed by atoms with Crippen LogP contribution in [-0.4, -0.2) is 25.2 Å². The van der Waals surface area contributed by atoms with Gasteiger partial charge in [0.1, 0.15) is 0 Å². The van der Waals surface area contributed by atoms with Crippen molar-refractivity contribution in [3.8, 4) is 0 Å². The van der Waals surface area contributed by atoms with E-state index in [2.05, 4.69) is 10.6 Å². The molecule has 2 aliphatic rings. The molecule has 0 aromatic rings. The maximum atomic E-state index is 3.72. The van der Waals surface area contributed by atoms with Gasteiger partial charge >= 0.3 is 0 Å². The Hall–Kier alpha value is 0.500. The SMILES string of the molecule is C1CCC(NC2CCNC2)C1.Cl.Cl. The van der Waals surface area contributed by atoms with Crippen molar-refractivity contribution >= 4 is 24.8 Å². The molecule has 0 bridgehead atoms. The van der Waals surface area contributed by atoms with E-state index in [0.717, 1.165) is 12.1 Å². The molecule has 2 nitrogen and oxygen atoms in total. The van der Waals surface area contributed by atoms with Crippen LogP contribution in [-0.2, 0) is 0 Å². The Balaban J connectivity index is 0.000000720. The van der Waals surface area contributed by atoms with Crippen LogP contribution in [0.5, 0.6) is 0 Å². The molecule has 4 heteroatoms. The van der Waals surface area contributed by atoms with E-state index >= 15 is 0 Å². The highest BCUT2D eigenvalue weighted by Crippen LogP contribution is 2.18. The summed E-state index contributed by atoms with van der Waals surface area (Å²) in [6.07, 6.45) is 7.04. The van der Waals surface area contributed by atoms with Gasteiger partial charge in [0, 0.05) is 18.6 Å². The van der Waals surface area contributed by atoms with Gasteiger partial charge in [-0.05, 0) is 25.8 Å². The molecule has 1 unspecified atom stereocenters. The van der Waals surface area contributed by atoms with E-state index < -0.39 is 0 Å². The molecule has 0 aromatic heterocycles. The van der Waals surface area contributed by atoms with E-state index in [0.29, 0.717) is 0 Å². The predicted molar refractivity (Wildman–Crippen MR) is 61.2 cm³/mol. The molecule has 1 heterocycles. The van der Waals surface area contributed by atoms with E-state index in [1.165, 1.54) is 45.2 Å². The van der Waals surface area contributed by atoms with Crippen molar-refractivity contribution in [3.05, 3.63) is 0 Å². The van der Waals surface area contributed by atoms with Crippen molar-refractivity contribution in [2.45, 2.75) is 44.2 Å². The maximum Gasteiger partial charge on any atom is 0.0207 e. The molecule has 1 saturated heterocycles. The van der Waals surface area contributed by atoms with Gasteiger partial charge in [-0.2, -0.15) is 0 Å². The second-order valence-electron chi connectivity index (χ2n) is 3.84. The predicted octanol–water partition coefficient (Wildman–Crippen LogP) is 1.72.